The van der Waals surface area contributed by atoms with E-state index >= 15 is 0 Å². The van der Waals surface area contributed by atoms with Gasteiger partial charge in [0.2, 0.25) is 5.95 Å². The molecule has 0 radical (unpaired) electrons. The molecule has 0 bridgehead atoms. The maximum absolute atomic E-state index is 14.7. The molecule has 9 heteroatoms. The van der Waals surface area contributed by atoms with E-state index in [1.54, 1.807) is 19.1 Å². The molecule has 0 saturated heterocycles. The van der Waals surface area contributed by atoms with Crippen molar-refractivity contribution in [2.75, 3.05) is 13.1 Å². The lowest BCUT2D eigenvalue weighted by Crippen LogP contribution is -2.28. The molecule has 3 aromatic rings. The maximum Gasteiger partial charge on any atom is 0.270 e. The van der Waals surface area contributed by atoms with E-state index in [0.717, 1.165) is 40.5 Å². The van der Waals surface area contributed by atoms with E-state index in [4.69, 9.17) is 0 Å². The number of rotatable bonds is 5. The average Bonchev–Trinajstić information content (AvgIpc) is 3.60. The number of hydrogen-bond donors (Lipinski definition) is 2. The quantitative estimate of drug-likeness (QED) is 0.509. The summed E-state index contributed by atoms with van der Waals surface area (Å²) in [6.45, 7) is 3.80. The summed E-state index contributed by atoms with van der Waals surface area (Å²) in [7, 11) is 0. The van der Waals surface area contributed by atoms with Gasteiger partial charge in [-0.05, 0) is 77.5 Å². The molecule has 170 valence electrons. The minimum absolute atomic E-state index is 0.116. The lowest BCUT2D eigenvalue weighted by atomic mass is 10.00. The van der Waals surface area contributed by atoms with E-state index in [9.17, 15) is 14.0 Å². The van der Waals surface area contributed by atoms with Crippen molar-refractivity contribution in [3.63, 3.8) is 0 Å². The summed E-state index contributed by atoms with van der Waals surface area (Å²) >= 11 is 3.56. The number of pyridine rings is 1. The number of carbonyl (C=O) groups is 1. The van der Waals surface area contributed by atoms with Crippen molar-refractivity contribution < 1.29 is 9.18 Å². The zero-order valence-electron chi connectivity index (χ0n) is 18.1. The molecule has 1 aromatic carbocycles. The second-order valence-electron chi connectivity index (χ2n) is 8.62. The van der Waals surface area contributed by atoms with Gasteiger partial charge in [-0.3, -0.25) is 14.5 Å². The van der Waals surface area contributed by atoms with Crippen LogP contribution in [0.15, 0.2) is 39.6 Å². The fraction of sp³-hybridized carbons (Fsp3) is 0.333. The standard InChI is InChI=1S/C24H23BrFN5O2/c1-13-23(32)30-20-11-14(10-18(25)21(20)27-13)12-31-8-6-15(7-9-31)17-4-5-19(29-22(17)26)24(33)28-16-2-3-16/h4-6,10-11,16H,2-3,7-9,12H2,1H3,(H,28,33)(H,30,32). The fourth-order valence-electron chi connectivity index (χ4n) is 4.03. The van der Waals surface area contributed by atoms with Crippen molar-refractivity contribution in [2.45, 2.75) is 38.8 Å². The molecule has 1 saturated carbocycles. The molecule has 1 amide bonds. The van der Waals surface area contributed by atoms with Gasteiger partial charge in [-0.1, -0.05) is 6.08 Å². The predicted molar refractivity (Wildman–Crippen MR) is 127 cm³/mol. The van der Waals surface area contributed by atoms with Crippen molar-refractivity contribution in [1.29, 1.82) is 0 Å². The molecular formula is C24H23BrFN5O2. The second-order valence-corrected chi connectivity index (χ2v) is 9.48. The number of fused-ring (bicyclic) bond motifs is 1. The number of hydrogen-bond acceptors (Lipinski definition) is 5. The number of halogens is 2. The number of carbonyl (C=O) groups excluding carboxylic acids is 1. The monoisotopic (exact) mass is 511 g/mol. The summed E-state index contributed by atoms with van der Waals surface area (Å²) in [6.07, 6.45) is 4.63. The lowest BCUT2D eigenvalue weighted by molar-refractivity contribution is 0.0945. The van der Waals surface area contributed by atoms with Crippen LogP contribution in [0.1, 0.15) is 46.6 Å². The number of aromatic nitrogens is 3. The first-order valence-electron chi connectivity index (χ1n) is 11.0. The first kappa shape index (κ1) is 21.9. The van der Waals surface area contributed by atoms with Crippen LogP contribution in [-0.2, 0) is 6.54 Å². The summed E-state index contributed by atoms with van der Waals surface area (Å²) in [5.74, 6) is -0.927. The third-order valence-electron chi connectivity index (χ3n) is 6.02. The molecule has 2 aromatic heterocycles. The predicted octanol–water partition coefficient (Wildman–Crippen LogP) is 3.71. The van der Waals surface area contributed by atoms with Crippen LogP contribution in [0.2, 0.25) is 0 Å². The van der Waals surface area contributed by atoms with E-state index in [1.807, 2.05) is 18.2 Å². The Labute approximate surface area is 198 Å². The molecule has 1 fully saturated rings. The van der Waals surface area contributed by atoms with Gasteiger partial charge in [-0.2, -0.15) is 4.39 Å². The number of aromatic amines is 1. The summed E-state index contributed by atoms with van der Waals surface area (Å²) in [5.41, 5.74) is 4.18. The third kappa shape index (κ3) is 4.74. The number of aryl methyl sites for hydroxylation is 1. The number of nitrogens with one attached hydrogen (secondary N) is 2. The number of amides is 1. The topological polar surface area (TPSA) is 91.0 Å². The van der Waals surface area contributed by atoms with E-state index in [1.165, 1.54) is 0 Å². The highest BCUT2D eigenvalue weighted by molar-refractivity contribution is 9.10. The van der Waals surface area contributed by atoms with Gasteiger partial charge in [-0.25, -0.2) is 9.97 Å². The van der Waals surface area contributed by atoms with Crippen LogP contribution in [0, 0.1) is 12.9 Å². The van der Waals surface area contributed by atoms with E-state index in [-0.39, 0.29) is 23.2 Å². The van der Waals surface area contributed by atoms with Crippen LogP contribution < -0.4 is 10.9 Å². The highest BCUT2D eigenvalue weighted by Gasteiger charge is 2.25. The number of nitrogens with zero attached hydrogens (tertiary/aromatic N) is 3. The SMILES string of the molecule is Cc1nc2c(Br)cc(CN3CC=C(c4ccc(C(=O)NC5CC5)nc4F)CC3)cc2[nH]c1=O. The molecule has 0 unspecified atom stereocenters. The first-order chi connectivity index (χ1) is 15.9. The van der Waals surface area contributed by atoms with Gasteiger partial charge in [0.05, 0.1) is 5.52 Å². The zero-order valence-corrected chi connectivity index (χ0v) is 19.7. The normalized spacial score (nSPS) is 16.6. The molecule has 2 aliphatic rings. The minimum atomic E-state index is -0.608. The van der Waals surface area contributed by atoms with Crippen molar-refractivity contribution in [1.82, 2.24) is 25.2 Å². The van der Waals surface area contributed by atoms with Crippen LogP contribution >= 0.6 is 15.9 Å². The first-order valence-corrected chi connectivity index (χ1v) is 11.7. The average molecular weight is 512 g/mol. The summed E-state index contributed by atoms with van der Waals surface area (Å²) in [6, 6.07) is 7.41. The van der Waals surface area contributed by atoms with Crippen LogP contribution in [0.25, 0.3) is 16.6 Å². The summed E-state index contributed by atoms with van der Waals surface area (Å²) in [4.78, 5) is 37.4. The molecule has 3 heterocycles. The van der Waals surface area contributed by atoms with Crippen molar-refractivity contribution in [3.05, 3.63) is 73.6 Å². The van der Waals surface area contributed by atoms with Crippen LogP contribution in [0.4, 0.5) is 4.39 Å². The van der Waals surface area contributed by atoms with E-state index < -0.39 is 5.95 Å². The molecule has 1 aliphatic heterocycles. The van der Waals surface area contributed by atoms with E-state index in [0.29, 0.717) is 36.3 Å². The van der Waals surface area contributed by atoms with Crippen molar-refractivity contribution in [3.8, 4) is 0 Å². The van der Waals surface area contributed by atoms with Gasteiger partial charge in [0.15, 0.2) is 0 Å². The Morgan fingerprint density at radius 3 is 2.82 bits per heavy atom. The Morgan fingerprint density at radius 1 is 1.30 bits per heavy atom. The van der Waals surface area contributed by atoms with Crippen molar-refractivity contribution in [2.24, 2.45) is 0 Å². The molecule has 1 aliphatic carbocycles. The number of benzene rings is 1. The molecule has 2 N–H and O–H groups in total. The Morgan fingerprint density at radius 2 is 2.12 bits per heavy atom. The van der Waals surface area contributed by atoms with Gasteiger partial charge < -0.3 is 10.3 Å². The summed E-state index contributed by atoms with van der Waals surface area (Å²) < 4.78 is 15.5. The second kappa shape index (κ2) is 8.79. The van der Waals surface area contributed by atoms with E-state index in [2.05, 4.69) is 41.1 Å². The van der Waals surface area contributed by atoms with Crippen molar-refractivity contribution >= 4 is 38.4 Å². The van der Waals surface area contributed by atoms with Gasteiger partial charge >= 0.3 is 0 Å². The Bertz CT molecular complexity index is 1350. The summed E-state index contributed by atoms with van der Waals surface area (Å²) in [5, 5.41) is 2.83. The zero-order chi connectivity index (χ0) is 23.1. The third-order valence-corrected chi connectivity index (χ3v) is 6.62. The minimum Gasteiger partial charge on any atom is -0.348 e. The smallest absolute Gasteiger partial charge is 0.270 e. The Balaban J connectivity index is 1.29. The highest BCUT2D eigenvalue weighted by atomic mass is 79.9. The Hall–Kier alpha value is -2.91. The maximum atomic E-state index is 14.7. The molecule has 7 nitrogen and oxygen atoms in total. The van der Waals surface area contributed by atoms with Gasteiger partial charge in [0.25, 0.3) is 11.5 Å². The highest BCUT2D eigenvalue weighted by Crippen LogP contribution is 2.27. The molecule has 5 rings (SSSR count). The largest absolute Gasteiger partial charge is 0.348 e. The molecular weight excluding hydrogens is 489 g/mol. The fourth-order valence-corrected chi connectivity index (χ4v) is 4.63. The van der Waals surface area contributed by atoms with Gasteiger partial charge in [0, 0.05) is 35.7 Å². The van der Waals surface area contributed by atoms with Gasteiger partial charge in [0.1, 0.15) is 16.9 Å². The molecule has 33 heavy (non-hydrogen) atoms. The lowest BCUT2D eigenvalue weighted by Gasteiger charge is -2.26. The van der Waals surface area contributed by atoms with Crippen LogP contribution in [0.3, 0.4) is 0 Å². The number of H-pyrrole nitrogens is 1. The van der Waals surface area contributed by atoms with Crippen LogP contribution in [0.5, 0.6) is 0 Å². The van der Waals surface area contributed by atoms with Crippen LogP contribution in [-0.4, -0.2) is 44.9 Å². The molecule has 0 atom stereocenters. The molecule has 0 spiro atoms. The Kier molecular flexibility index (Phi) is 5.84. The van der Waals surface area contributed by atoms with Gasteiger partial charge in [-0.15, -0.1) is 0 Å².